The summed E-state index contributed by atoms with van der Waals surface area (Å²) in [5.41, 5.74) is 4.44. The minimum Gasteiger partial charge on any atom is -0.342 e. The number of aryl methyl sites for hydroxylation is 1. The normalized spacial score (nSPS) is 17.2. The molecular weight excluding hydrogens is 464 g/mol. The molecular formula is C24H24Cl2FN5O. The summed E-state index contributed by atoms with van der Waals surface area (Å²) < 4.78 is 13.5. The predicted molar refractivity (Wildman–Crippen MR) is 128 cm³/mol. The quantitative estimate of drug-likeness (QED) is 0.485. The van der Waals surface area contributed by atoms with Gasteiger partial charge in [-0.2, -0.15) is 0 Å². The molecule has 9 heteroatoms. The average molecular weight is 488 g/mol. The molecule has 0 saturated carbocycles. The van der Waals surface area contributed by atoms with E-state index in [1.165, 1.54) is 12.1 Å². The predicted octanol–water partition coefficient (Wildman–Crippen LogP) is 5.84. The van der Waals surface area contributed by atoms with Crippen LogP contribution in [0.3, 0.4) is 0 Å². The maximum Gasteiger partial charge on any atom is 0.322 e. The number of fused-ring (bicyclic) bond motifs is 1. The molecule has 2 aliphatic heterocycles. The van der Waals surface area contributed by atoms with Gasteiger partial charge in [0.2, 0.25) is 0 Å². The number of rotatable bonds is 4. The number of anilines is 1. The highest BCUT2D eigenvalue weighted by Crippen LogP contribution is 2.30. The van der Waals surface area contributed by atoms with E-state index in [4.69, 9.17) is 28.2 Å². The van der Waals surface area contributed by atoms with E-state index in [0.717, 1.165) is 60.8 Å². The number of hydrogen-bond donors (Lipinski definition) is 2. The fourth-order valence-corrected chi connectivity index (χ4v) is 4.87. The summed E-state index contributed by atoms with van der Waals surface area (Å²) in [7, 11) is 0. The SMILES string of the molecule is Cc1[nH]c(-c2ccc(Cl)c(Cl)c2)nc1CN1CCC(N2Cc3ccc(F)cc3NC2=O)CC1. The summed E-state index contributed by atoms with van der Waals surface area (Å²) >= 11 is 12.2. The van der Waals surface area contributed by atoms with E-state index in [1.54, 1.807) is 12.1 Å². The van der Waals surface area contributed by atoms with Crippen LogP contribution in [-0.4, -0.2) is 44.9 Å². The standard InChI is InChI=1S/C24H24Cl2FN5O/c1-14-22(29-23(28-14)15-3-5-19(25)20(26)10-15)13-31-8-6-18(7-9-31)32-12-16-2-4-17(27)11-21(16)30-24(32)33/h2-5,10-11,18H,6-9,12-13H2,1H3,(H,28,29)(H,30,33). The Kier molecular flexibility index (Phi) is 6.03. The van der Waals surface area contributed by atoms with Crippen molar-refractivity contribution in [3.63, 3.8) is 0 Å². The van der Waals surface area contributed by atoms with Crippen molar-refractivity contribution in [3.05, 3.63) is 69.2 Å². The second kappa shape index (κ2) is 8.97. The van der Waals surface area contributed by atoms with Gasteiger partial charge < -0.3 is 15.2 Å². The molecule has 1 saturated heterocycles. The molecule has 0 unspecified atom stereocenters. The van der Waals surface area contributed by atoms with Crippen LogP contribution in [0, 0.1) is 12.7 Å². The zero-order chi connectivity index (χ0) is 23.1. The Balaban J connectivity index is 1.21. The summed E-state index contributed by atoms with van der Waals surface area (Å²) in [4.78, 5) is 25.0. The fourth-order valence-electron chi connectivity index (χ4n) is 4.57. The molecule has 0 bridgehead atoms. The number of H-pyrrole nitrogens is 1. The summed E-state index contributed by atoms with van der Waals surface area (Å²) in [5, 5.41) is 3.85. The first-order valence-corrected chi connectivity index (χ1v) is 11.7. The Bertz CT molecular complexity index is 1210. The second-order valence-electron chi connectivity index (χ2n) is 8.65. The van der Waals surface area contributed by atoms with Crippen LogP contribution in [0.4, 0.5) is 14.9 Å². The first-order chi connectivity index (χ1) is 15.9. The molecule has 0 spiro atoms. The maximum atomic E-state index is 13.5. The van der Waals surface area contributed by atoms with E-state index < -0.39 is 0 Å². The number of hydrogen-bond acceptors (Lipinski definition) is 3. The Morgan fingerprint density at radius 1 is 1.12 bits per heavy atom. The van der Waals surface area contributed by atoms with Crippen LogP contribution >= 0.6 is 23.2 Å². The summed E-state index contributed by atoms with van der Waals surface area (Å²) in [6, 6.07) is 10.1. The number of urea groups is 1. The number of nitrogens with one attached hydrogen (secondary N) is 2. The molecule has 6 nitrogen and oxygen atoms in total. The van der Waals surface area contributed by atoms with Crippen LogP contribution in [-0.2, 0) is 13.1 Å². The molecule has 0 atom stereocenters. The highest BCUT2D eigenvalue weighted by Gasteiger charge is 2.32. The van der Waals surface area contributed by atoms with Crippen molar-refractivity contribution in [1.29, 1.82) is 0 Å². The molecule has 3 aromatic rings. The zero-order valence-electron chi connectivity index (χ0n) is 18.2. The van der Waals surface area contributed by atoms with Gasteiger partial charge in [-0.25, -0.2) is 14.2 Å². The minimum absolute atomic E-state index is 0.152. The highest BCUT2D eigenvalue weighted by atomic mass is 35.5. The molecule has 3 heterocycles. The molecule has 172 valence electrons. The largest absolute Gasteiger partial charge is 0.342 e. The maximum absolute atomic E-state index is 13.5. The molecule has 2 aliphatic rings. The Hall–Kier alpha value is -2.61. The lowest BCUT2D eigenvalue weighted by atomic mass is 10.0. The molecule has 0 radical (unpaired) electrons. The molecule has 1 fully saturated rings. The van der Waals surface area contributed by atoms with Gasteiger partial charge in [0.25, 0.3) is 0 Å². The number of halogens is 3. The number of aromatic nitrogens is 2. The molecule has 2 amide bonds. The van der Waals surface area contributed by atoms with Gasteiger partial charge in [-0.05, 0) is 55.7 Å². The van der Waals surface area contributed by atoms with E-state index in [2.05, 4.69) is 15.2 Å². The second-order valence-corrected chi connectivity index (χ2v) is 9.47. The van der Waals surface area contributed by atoms with Crippen molar-refractivity contribution in [2.75, 3.05) is 18.4 Å². The minimum atomic E-state index is -0.341. The van der Waals surface area contributed by atoms with Crippen LogP contribution < -0.4 is 5.32 Å². The van der Waals surface area contributed by atoms with Crippen LogP contribution in [0.5, 0.6) is 0 Å². The van der Waals surface area contributed by atoms with Gasteiger partial charge in [0.1, 0.15) is 11.6 Å². The number of likely N-dealkylation sites (tertiary alicyclic amines) is 1. The first-order valence-electron chi connectivity index (χ1n) is 11.0. The number of carbonyl (C=O) groups excluding carboxylic acids is 1. The molecule has 2 aromatic carbocycles. The van der Waals surface area contributed by atoms with Crippen molar-refractivity contribution in [2.24, 2.45) is 0 Å². The third kappa shape index (κ3) is 4.58. The number of nitrogens with zero attached hydrogens (tertiary/aromatic N) is 3. The van der Waals surface area contributed by atoms with Gasteiger partial charge in [0.05, 0.1) is 21.4 Å². The van der Waals surface area contributed by atoms with Gasteiger partial charge in [-0.3, -0.25) is 4.90 Å². The lowest BCUT2D eigenvalue weighted by molar-refractivity contribution is 0.117. The highest BCUT2D eigenvalue weighted by molar-refractivity contribution is 6.42. The van der Waals surface area contributed by atoms with E-state index in [1.807, 2.05) is 24.0 Å². The van der Waals surface area contributed by atoms with Crippen molar-refractivity contribution in [1.82, 2.24) is 19.8 Å². The number of aromatic amines is 1. The van der Waals surface area contributed by atoms with Crippen molar-refractivity contribution in [2.45, 2.75) is 38.9 Å². The van der Waals surface area contributed by atoms with Crippen LogP contribution in [0.15, 0.2) is 36.4 Å². The lowest BCUT2D eigenvalue weighted by Crippen LogP contribution is -2.50. The summed E-state index contributed by atoms with van der Waals surface area (Å²) in [6.07, 6.45) is 1.76. The third-order valence-corrected chi connectivity index (χ3v) is 7.20. The van der Waals surface area contributed by atoms with Gasteiger partial charge in [-0.15, -0.1) is 0 Å². The number of amides is 2. The number of imidazole rings is 1. The Labute approximate surface area is 201 Å². The smallest absolute Gasteiger partial charge is 0.322 e. The third-order valence-electron chi connectivity index (χ3n) is 6.46. The van der Waals surface area contributed by atoms with E-state index in [0.29, 0.717) is 22.3 Å². The van der Waals surface area contributed by atoms with Crippen molar-refractivity contribution >= 4 is 34.9 Å². The number of benzene rings is 2. The summed E-state index contributed by atoms with van der Waals surface area (Å²) in [5.74, 6) is 0.433. The van der Waals surface area contributed by atoms with Gasteiger partial charge in [0.15, 0.2) is 0 Å². The fraction of sp³-hybridized carbons (Fsp3) is 0.333. The lowest BCUT2D eigenvalue weighted by Gasteiger charge is -2.40. The zero-order valence-corrected chi connectivity index (χ0v) is 19.7. The Morgan fingerprint density at radius 2 is 1.91 bits per heavy atom. The average Bonchev–Trinajstić information content (AvgIpc) is 3.16. The number of piperidine rings is 1. The topological polar surface area (TPSA) is 64.3 Å². The van der Waals surface area contributed by atoms with Crippen molar-refractivity contribution in [3.8, 4) is 11.4 Å². The van der Waals surface area contributed by atoms with E-state index in [-0.39, 0.29) is 17.9 Å². The Morgan fingerprint density at radius 3 is 2.67 bits per heavy atom. The van der Waals surface area contributed by atoms with Gasteiger partial charge in [0, 0.05) is 43.5 Å². The van der Waals surface area contributed by atoms with Crippen LogP contribution in [0.25, 0.3) is 11.4 Å². The van der Waals surface area contributed by atoms with Crippen LogP contribution in [0.1, 0.15) is 29.8 Å². The van der Waals surface area contributed by atoms with Crippen molar-refractivity contribution < 1.29 is 9.18 Å². The first kappa shape index (κ1) is 22.2. The van der Waals surface area contributed by atoms with Crippen LogP contribution in [0.2, 0.25) is 10.0 Å². The molecule has 5 rings (SSSR count). The molecule has 0 aliphatic carbocycles. The van der Waals surface area contributed by atoms with Gasteiger partial charge >= 0.3 is 6.03 Å². The molecule has 2 N–H and O–H groups in total. The monoisotopic (exact) mass is 487 g/mol. The molecule has 33 heavy (non-hydrogen) atoms. The summed E-state index contributed by atoms with van der Waals surface area (Å²) in [6.45, 7) is 5.02. The van der Waals surface area contributed by atoms with E-state index >= 15 is 0 Å². The number of carbonyl (C=O) groups is 1. The van der Waals surface area contributed by atoms with E-state index in [9.17, 15) is 9.18 Å². The molecule has 1 aromatic heterocycles. The van der Waals surface area contributed by atoms with Gasteiger partial charge in [-0.1, -0.05) is 29.3 Å².